The molecule has 1 aliphatic carbocycles. The van der Waals surface area contributed by atoms with Crippen molar-refractivity contribution in [2.45, 2.75) is 51.7 Å². The summed E-state index contributed by atoms with van der Waals surface area (Å²) < 4.78 is 5.98. The second-order valence-corrected chi connectivity index (χ2v) is 8.00. The van der Waals surface area contributed by atoms with Gasteiger partial charge < -0.3 is 15.0 Å². The number of benzene rings is 1. The lowest BCUT2D eigenvalue weighted by molar-refractivity contribution is -0.146. The Bertz CT molecular complexity index is 653. The minimum Gasteiger partial charge on any atom is -0.478 e. The van der Waals surface area contributed by atoms with Gasteiger partial charge in [0.1, 0.15) is 5.75 Å². The summed E-state index contributed by atoms with van der Waals surface area (Å²) in [4.78, 5) is 26.4. The fourth-order valence-electron chi connectivity index (χ4n) is 4.09. The number of likely N-dealkylation sites (N-methyl/N-ethyl adjacent to an activating group) is 1. The average Bonchev–Trinajstić information content (AvgIpc) is 2.98. The molecule has 0 spiro atoms. The first-order valence-electron chi connectivity index (χ1n) is 9.06. The van der Waals surface area contributed by atoms with Crippen LogP contribution in [0.5, 0.6) is 5.75 Å². The van der Waals surface area contributed by atoms with E-state index in [-0.39, 0.29) is 17.9 Å². The second kappa shape index (κ2) is 6.70. The van der Waals surface area contributed by atoms with Gasteiger partial charge in [-0.15, -0.1) is 0 Å². The van der Waals surface area contributed by atoms with Crippen molar-refractivity contribution in [1.29, 1.82) is 0 Å². The molecule has 0 radical (unpaired) electrons. The molecule has 1 aromatic carbocycles. The van der Waals surface area contributed by atoms with E-state index in [2.05, 4.69) is 5.32 Å². The summed E-state index contributed by atoms with van der Waals surface area (Å²) in [5.41, 5.74) is 0.233. The molecule has 5 nitrogen and oxygen atoms in total. The predicted molar refractivity (Wildman–Crippen MR) is 96.3 cm³/mol. The van der Waals surface area contributed by atoms with Crippen LogP contribution in [0.1, 0.15) is 38.7 Å². The normalized spacial score (nSPS) is 25.9. The van der Waals surface area contributed by atoms with E-state index in [1.165, 1.54) is 0 Å². The molecule has 2 aliphatic rings. The minimum absolute atomic E-state index is 0.0176. The average molecular weight is 344 g/mol. The molecule has 1 aliphatic heterocycles. The predicted octanol–water partition coefficient (Wildman–Crippen LogP) is 2.53. The van der Waals surface area contributed by atoms with Gasteiger partial charge in [0, 0.05) is 26.1 Å². The Kier molecular flexibility index (Phi) is 4.76. The Morgan fingerprint density at radius 2 is 1.84 bits per heavy atom. The Hall–Kier alpha value is -2.04. The monoisotopic (exact) mass is 344 g/mol. The van der Waals surface area contributed by atoms with E-state index in [1.54, 1.807) is 0 Å². The number of rotatable bonds is 4. The molecule has 1 aromatic rings. The van der Waals surface area contributed by atoms with E-state index in [9.17, 15) is 9.59 Å². The molecule has 2 fully saturated rings. The van der Waals surface area contributed by atoms with Gasteiger partial charge >= 0.3 is 0 Å². The van der Waals surface area contributed by atoms with Crippen molar-refractivity contribution >= 4 is 11.8 Å². The molecule has 25 heavy (non-hydrogen) atoms. The molecule has 1 heterocycles. The van der Waals surface area contributed by atoms with E-state index in [1.807, 2.05) is 57.0 Å². The van der Waals surface area contributed by atoms with Gasteiger partial charge in [-0.1, -0.05) is 17.7 Å². The molecule has 0 aromatic heterocycles. The Balaban J connectivity index is 1.64. The van der Waals surface area contributed by atoms with Crippen molar-refractivity contribution in [2.24, 2.45) is 11.8 Å². The van der Waals surface area contributed by atoms with Crippen molar-refractivity contribution in [1.82, 2.24) is 10.2 Å². The van der Waals surface area contributed by atoms with Gasteiger partial charge in [-0.2, -0.15) is 0 Å². The number of hydrogen-bond donors (Lipinski definition) is 1. The summed E-state index contributed by atoms with van der Waals surface area (Å²) in [7, 11) is 1.86. The first kappa shape index (κ1) is 17.8. The summed E-state index contributed by atoms with van der Waals surface area (Å²) in [6.45, 7) is 6.40. The maximum Gasteiger partial charge on any atom is 0.266 e. The summed E-state index contributed by atoms with van der Waals surface area (Å²) >= 11 is 0. The van der Waals surface area contributed by atoms with Crippen LogP contribution in [0.15, 0.2) is 24.3 Å². The number of amides is 2. The van der Waals surface area contributed by atoms with Gasteiger partial charge in [0.15, 0.2) is 5.60 Å². The standard InChI is InChI=1S/C20H28N2O3/c1-13-5-7-17(8-6-13)25-20(2,3)19(24)22(4)16-9-14-11-18(23)21-12-15(14)10-16/h5-8,14-16H,9-12H2,1-4H3,(H,21,23)/t14-,15+,16-/m1/s1. The van der Waals surface area contributed by atoms with Crippen LogP contribution in [0.2, 0.25) is 0 Å². The number of piperidine rings is 1. The Morgan fingerprint density at radius 1 is 1.20 bits per heavy atom. The highest BCUT2D eigenvalue weighted by atomic mass is 16.5. The fraction of sp³-hybridized carbons (Fsp3) is 0.600. The first-order valence-corrected chi connectivity index (χ1v) is 9.06. The van der Waals surface area contributed by atoms with Crippen molar-refractivity contribution < 1.29 is 14.3 Å². The number of carbonyl (C=O) groups excluding carboxylic acids is 2. The zero-order valence-electron chi connectivity index (χ0n) is 15.5. The van der Waals surface area contributed by atoms with Crippen LogP contribution in [0.4, 0.5) is 0 Å². The third kappa shape index (κ3) is 3.80. The zero-order valence-corrected chi connectivity index (χ0v) is 15.5. The third-order valence-electron chi connectivity index (χ3n) is 5.60. The molecule has 136 valence electrons. The molecule has 2 amide bonds. The van der Waals surface area contributed by atoms with E-state index in [0.717, 1.165) is 24.9 Å². The number of ether oxygens (including phenoxy) is 1. The molecular formula is C20H28N2O3. The van der Waals surface area contributed by atoms with Gasteiger partial charge in [-0.3, -0.25) is 9.59 Å². The largest absolute Gasteiger partial charge is 0.478 e. The Labute approximate surface area is 149 Å². The van der Waals surface area contributed by atoms with Crippen LogP contribution in [0.25, 0.3) is 0 Å². The quantitative estimate of drug-likeness (QED) is 0.913. The summed E-state index contributed by atoms with van der Waals surface area (Å²) in [5.74, 6) is 1.70. The van der Waals surface area contributed by atoms with E-state index >= 15 is 0 Å². The maximum atomic E-state index is 13.0. The lowest BCUT2D eigenvalue weighted by Gasteiger charge is -2.33. The molecular weight excluding hydrogens is 316 g/mol. The van der Waals surface area contributed by atoms with Gasteiger partial charge in [-0.25, -0.2) is 0 Å². The SMILES string of the molecule is Cc1ccc(OC(C)(C)C(=O)N(C)[C@H]2C[C@H]3CNC(=O)C[C@H]3C2)cc1. The maximum absolute atomic E-state index is 13.0. The molecule has 3 rings (SSSR count). The minimum atomic E-state index is -0.925. The van der Waals surface area contributed by atoms with Crippen LogP contribution in [-0.4, -0.2) is 41.9 Å². The zero-order chi connectivity index (χ0) is 18.2. The highest BCUT2D eigenvalue weighted by molar-refractivity contribution is 5.85. The van der Waals surface area contributed by atoms with Crippen LogP contribution in [-0.2, 0) is 9.59 Å². The van der Waals surface area contributed by atoms with Crippen LogP contribution in [0, 0.1) is 18.8 Å². The van der Waals surface area contributed by atoms with E-state index < -0.39 is 5.60 Å². The number of carbonyl (C=O) groups is 2. The van der Waals surface area contributed by atoms with Crippen LogP contribution < -0.4 is 10.1 Å². The smallest absolute Gasteiger partial charge is 0.266 e. The summed E-state index contributed by atoms with van der Waals surface area (Å²) in [5, 5.41) is 2.94. The molecule has 0 bridgehead atoms. The van der Waals surface area contributed by atoms with Crippen LogP contribution in [0.3, 0.4) is 0 Å². The van der Waals surface area contributed by atoms with Crippen molar-refractivity contribution in [3.63, 3.8) is 0 Å². The van der Waals surface area contributed by atoms with E-state index in [4.69, 9.17) is 4.74 Å². The summed E-state index contributed by atoms with van der Waals surface area (Å²) in [6, 6.07) is 7.92. The molecule has 5 heteroatoms. The van der Waals surface area contributed by atoms with Gasteiger partial charge in [0.2, 0.25) is 5.91 Å². The van der Waals surface area contributed by atoms with Gasteiger partial charge in [0.25, 0.3) is 5.91 Å². The first-order chi connectivity index (χ1) is 11.8. The topological polar surface area (TPSA) is 58.6 Å². The Morgan fingerprint density at radius 3 is 2.52 bits per heavy atom. The number of nitrogens with zero attached hydrogens (tertiary/aromatic N) is 1. The number of aryl methyl sites for hydroxylation is 1. The number of hydrogen-bond acceptors (Lipinski definition) is 3. The lowest BCUT2D eigenvalue weighted by Crippen LogP contribution is -2.50. The molecule has 1 saturated heterocycles. The highest BCUT2D eigenvalue weighted by Gasteiger charge is 2.43. The second-order valence-electron chi connectivity index (χ2n) is 8.00. The highest BCUT2D eigenvalue weighted by Crippen LogP contribution is 2.38. The summed E-state index contributed by atoms with van der Waals surface area (Å²) in [6.07, 6.45) is 2.45. The van der Waals surface area contributed by atoms with Crippen molar-refractivity contribution in [2.75, 3.05) is 13.6 Å². The number of nitrogens with one attached hydrogen (secondary N) is 1. The molecule has 3 atom stereocenters. The fourth-order valence-corrected chi connectivity index (χ4v) is 4.09. The molecule has 1 saturated carbocycles. The molecule has 1 N–H and O–H groups in total. The van der Waals surface area contributed by atoms with E-state index in [0.29, 0.717) is 24.0 Å². The lowest BCUT2D eigenvalue weighted by atomic mass is 9.89. The van der Waals surface area contributed by atoms with Gasteiger partial charge in [-0.05, 0) is 57.6 Å². The van der Waals surface area contributed by atoms with Crippen LogP contribution >= 0.6 is 0 Å². The third-order valence-corrected chi connectivity index (χ3v) is 5.60. The molecule has 0 unspecified atom stereocenters. The van der Waals surface area contributed by atoms with Gasteiger partial charge in [0.05, 0.1) is 0 Å². The number of fused-ring (bicyclic) bond motifs is 1. The van der Waals surface area contributed by atoms with Crippen molar-refractivity contribution in [3.05, 3.63) is 29.8 Å². The van der Waals surface area contributed by atoms with Crippen molar-refractivity contribution in [3.8, 4) is 5.75 Å².